The summed E-state index contributed by atoms with van der Waals surface area (Å²) in [5.41, 5.74) is 1.86. The Bertz CT molecular complexity index is 827. The normalized spacial score (nSPS) is 23.5. The maximum Gasteiger partial charge on any atom is 0.225 e. The lowest BCUT2D eigenvalue weighted by atomic mass is 9.97. The summed E-state index contributed by atoms with van der Waals surface area (Å²) in [5, 5.41) is 3.16. The standard InChI is InChI=1S/C19H26N6O/c26-19(22-14-7-8-14)13-5-4-9-24(11-13)17-16-18(21-12-20-17)25-10-3-1-2-6-15(25)23-16/h12-14H,1-11H2,(H,22,26)/t13-/m1/s1. The predicted octanol–water partition coefficient (Wildman–Crippen LogP) is 2.05. The van der Waals surface area contributed by atoms with Crippen LogP contribution in [-0.2, 0) is 17.8 Å². The van der Waals surface area contributed by atoms with Crippen LogP contribution in [0, 0.1) is 5.92 Å². The van der Waals surface area contributed by atoms with Gasteiger partial charge in [0.1, 0.15) is 12.2 Å². The Labute approximate surface area is 153 Å². The number of anilines is 1. The van der Waals surface area contributed by atoms with Gasteiger partial charge in [-0.3, -0.25) is 4.79 Å². The zero-order valence-electron chi connectivity index (χ0n) is 15.2. The highest BCUT2D eigenvalue weighted by atomic mass is 16.2. The van der Waals surface area contributed by atoms with Crippen molar-refractivity contribution in [1.82, 2.24) is 24.8 Å². The van der Waals surface area contributed by atoms with Gasteiger partial charge in [-0.1, -0.05) is 6.42 Å². The number of hydrogen-bond acceptors (Lipinski definition) is 5. The number of carbonyl (C=O) groups is 1. The van der Waals surface area contributed by atoms with Crippen molar-refractivity contribution >= 4 is 22.9 Å². The predicted molar refractivity (Wildman–Crippen MR) is 99.0 cm³/mol. The summed E-state index contributed by atoms with van der Waals surface area (Å²) in [5.74, 6) is 2.30. The molecule has 0 bridgehead atoms. The van der Waals surface area contributed by atoms with E-state index in [2.05, 4.69) is 24.8 Å². The summed E-state index contributed by atoms with van der Waals surface area (Å²) in [6, 6.07) is 0.424. The molecule has 2 aliphatic heterocycles. The number of rotatable bonds is 3. The van der Waals surface area contributed by atoms with Gasteiger partial charge in [-0.05, 0) is 38.5 Å². The largest absolute Gasteiger partial charge is 0.354 e. The molecule has 0 radical (unpaired) electrons. The molecular formula is C19H26N6O. The van der Waals surface area contributed by atoms with Gasteiger partial charge in [-0.25, -0.2) is 15.0 Å². The quantitative estimate of drug-likeness (QED) is 0.913. The molecule has 1 amide bonds. The van der Waals surface area contributed by atoms with Crippen molar-refractivity contribution in [2.75, 3.05) is 18.0 Å². The third-order valence-electron chi connectivity index (χ3n) is 5.89. The van der Waals surface area contributed by atoms with E-state index in [1.165, 1.54) is 19.3 Å². The molecule has 1 N–H and O–H groups in total. The third-order valence-corrected chi connectivity index (χ3v) is 5.89. The zero-order chi connectivity index (χ0) is 17.5. The number of aromatic nitrogens is 4. The molecule has 2 fully saturated rings. The summed E-state index contributed by atoms with van der Waals surface area (Å²) in [6.07, 6.45) is 10.6. The minimum absolute atomic E-state index is 0.0507. The van der Waals surface area contributed by atoms with E-state index in [9.17, 15) is 4.79 Å². The highest BCUT2D eigenvalue weighted by Gasteiger charge is 2.32. The van der Waals surface area contributed by atoms with E-state index in [-0.39, 0.29) is 11.8 Å². The molecule has 3 aliphatic rings. The van der Waals surface area contributed by atoms with E-state index < -0.39 is 0 Å². The molecule has 2 aromatic heterocycles. The molecule has 0 spiro atoms. The molecule has 138 valence electrons. The minimum Gasteiger partial charge on any atom is -0.354 e. The van der Waals surface area contributed by atoms with Crippen LogP contribution in [0.3, 0.4) is 0 Å². The molecule has 7 nitrogen and oxygen atoms in total. The van der Waals surface area contributed by atoms with Crippen LogP contribution in [0.4, 0.5) is 5.82 Å². The fourth-order valence-electron chi connectivity index (χ4n) is 4.29. The lowest BCUT2D eigenvalue weighted by Gasteiger charge is -2.32. The average Bonchev–Trinajstić information content (AvgIpc) is 3.45. The Hall–Kier alpha value is -2.18. The summed E-state index contributed by atoms with van der Waals surface area (Å²) in [6.45, 7) is 2.66. The number of imidazole rings is 1. The lowest BCUT2D eigenvalue weighted by molar-refractivity contribution is -0.125. The van der Waals surface area contributed by atoms with Crippen molar-refractivity contribution in [3.63, 3.8) is 0 Å². The van der Waals surface area contributed by atoms with Crippen LogP contribution in [-0.4, -0.2) is 44.6 Å². The van der Waals surface area contributed by atoms with E-state index in [4.69, 9.17) is 4.98 Å². The van der Waals surface area contributed by atoms with E-state index in [1.54, 1.807) is 6.33 Å². The zero-order valence-corrected chi connectivity index (χ0v) is 15.2. The van der Waals surface area contributed by atoms with Crippen molar-refractivity contribution in [2.24, 2.45) is 5.92 Å². The van der Waals surface area contributed by atoms with Crippen molar-refractivity contribution in [3.05, 3.63) is 12.2 Å². The molecule has 0 aromatic carbocycles. The first-order valence-corrected chi connectivity index (χ1v) is 10.0. The molecule has 4 heterocycles. The van der Waals surface area contributed by atoms with Gasteiger partial charge in [-0.2, -0.15) is 0 Å². The van der Waals surface area contributed by atoms with Crippen LogP contribution in [0.25, 0.3) is 11.2 Å². The van der Waals surface area contributed by atoms with Crippen molar-refractivity contribution in [1.29, 1.82) is 0 Å². The van der Waals surface area contributed by atoms with Gasteiger partial charge in [0.25, 0.3) is 0 Å². The SMILES string of the molecule is O=C(NC1CC1)[C@@H]1CCCN(c2ncnc3c2nc2n3CCCCC2)C1. The number of aryl methyl sites for hydroxylation is 2. The van der Waals surface area contributed by atoms with Gasteiger partial charge < -0.3 is 14.8 Å². The number of carbonyl (C=O) groups excluding carboxylic acids is 1. The van der Waals surface area contributed by atoms with E-state index in [0.29, 0.717) is 6.04 Å². The van der Waals surface area contributed by atoms with Crippen molar-refractivity contribution in [3.8, 4) is 0 Å². The van der Waals surface area contributed by atoms with Gasteiger partial charge >= 0.3 is 0 Å². The van der Waals surface area contributed by atoms with E-state index in [0.717, 1.165) is 74.5 Å². The number of fused-ring (bicyclic) bond motifs is 3. The minimum atomic E-state index is 0.0507. The molecule has 5 rings (SSSR count). The lowest BCUT2D eigenvalue weighted by Crippen LogP contribution is -2.44. The van der Waals surface area contributed by atoms with Crippen LogP contribution in [0.15, 0.2) is 6.33 Å². The molecule has 2 aromatic rings. The Balaban J connectivity index is 1.43. The summed E-state index contributed by atoms with van der Waals surface area (Å²) in [4.78, 5) is 28.8. The third kappa shape index (κ3) is 2.93. The average molecular weight is 354 g/mol. The molecule has 26 heavy (non-hydrogen) atoms. The number of hydrogen-bond donors (Lipinski definition) is 1. The summed E-state index contributed by atoms with van der Waals surface area (Å²) < 4.78 is 2.27. The second-order valence-electron chi connectivity index (χ2n) is 7.93. The monoisotopic (exact) mass is 354 g/mol. The van der Waals surface area contributed by atoms with Crippen LogP contribution in [0.5, 0.6) is 0 Å². The van der Waals surface area contributed by atoms with Crippen LogP contribution in [0.1, 0.15) is 50.8 Å². The van der Waals surface area contributed by atoms with Crippen LogP contribution < -0.4 is 10.2 Å². The summed E-state index contributed by atoms with van der Waals surface area (Å²) >= 11 is 0. The first-order chi connectivity index (χ1) is 12.8. The molecular weight excluding hydrogens is 328 g/mol. The first-order valence-electron chi connectivity index (χ1n) is 10.0. The Morgan fingerprint density at radius 2 is 2.00 bits per heavy atom. The van der Waals surface area contributed by atoms with E-state index in [1.807, 2.05) is 0 Å². The number of nitrogens with one attached hydrogen (secondary N) is 1. The van der Waals surface area contributed by atoms with Crippen LogP contribution >= 0.6 is 0 Å². The van der Waals surface area contributed by atoms with Crippen molar-refractivity contribution < 1.29 is 4.79 Å². The molecule has 1 aliphatic carbocycles. The van der Waals surface area contributed by atoms with Gasteiger partial charge in [0.15, 0.2) is 17.0 Å². The fraction of sp³-hybridized carbons (Fsp3) is 0.684. The topological polar surface area (TPSA) is 75.9 Å². The number of amides is 1. The van der Waals surface area contributed by atoms with E-state index >= 15 is 0 Å². The van der Waals surface area contributed by atoms with Gasteiger partial charge in [-0.15, -0.1) is 0 Å². The molecule has 1 saturated heterocycles. The Kier molecular flexibility index (Phi) is 4.02. The second-order valence-corrected chi connectivity index (χ2v) is 7.93. The highest BCUT2D eigenvalue weighted by Crippen LogP contribution is 2.30. The Morgan fingerprint density at radius 1 is 1.08 bits per heavy atom. The number of nitrogens with zero attached hydrogens (tertiary/aromatic N) is 5. The second kappa shape index (κ2) is 6.52. The smallest absolute Gasteiger partial charge is 0.225 e. The van der Waals surface area contributed by atoms with Crippen LogP contribution in [0.2, 0.25) is 0 Å². The molecule has 1 atom stereocenters. The van der Waals surface area contributed by atoms with Gasteiger partial charge in [0.2, 0.25) is 5.91 Å². The maximum absolute atomic E-state index is 12.5. The maximum atomic E-state index is 12.5. The molecule has 1 saturated carbocycles. The molecule has 0 unspecified atom stereocenters. The first kappa shape index (κ1) is 16.0. The Morgan fingerprint density at radius 3 is 2.88 bits per heavy atom. The van der Waals surface area contributed by atoms with Crippen molar-refractivity contribution in [2.45, 2.75) is 64.0 Å². The molecule has 7 heteroatoms. The highest BCUT2D eigenvalue weighted by molar-refractivity contribution is 5.85. The summed E-state index contributed by atoms with van der Waals surface area (Å²) in [7, 11) is 0. The fourth-order valence-corrected chi connectivity index (χ4v) is 4.29. The number of piperidine rings is 1. The van der Waals surface area contributed by atoms with Gasteiger partial charge in [0, 0.05) is 32.1 Å². The van der Waals surface area contributed by atoms with Gasteiger partial charge in [0.05, 0.1) is 5.92 Å².